The van der Waals surface area contributed by atoms with Crippen molar-refractivity contribution in [2.45, 2.75) is 32.5 Å². The fourth-order valence-electron chi connectivity index (χ4n) is 2.52. The molecule has 0 bridgehead atoms. The fourth-order valence-corrected chi connectivity index (χ4v) is 2.52. The molecule has 1 aromatic heterocycles. The van der Waals surface area contributed by atoms with Crippen LogP contribution in [0, 0.1) is 6.92 Å². The van der Waals surface area contributed by atoms with Gasteiger partial charge in [0.1, 0.15) is 12.4 Å². The highest BCUT2D eigenvalue weighted by Crippen LogP contribution is 2.33. The van der Waals surface area contributed by atoms with Crippen LogP contribution in [0.4, 0.5) is 0 Å². The van der Waals surface area contributed by atoms with E-state index in [1.54, 1.807) is 0 Å². The molecule has 1 heterocycles. The summed E-state index contributed by atoms with van der Waals surface area (Å²) in [5.41, 5.74) is 4.45. The van der Waals surface area contributed by atoms with Crippen LogP contribution < -0.4 is 4.74 Å². The molecule has 0 amide bonds. The minimum Gasteiger partial charge on any atom is -0.489 e. The van der Waals surface area contributed by atoms with Crippen molar-refractivity contribution >= 4 is 0 Å². The van der Waals surface area contributed by atoms with Crippen molar-refractivity contribution in [3.05, 3.63) is 58.9 Å². The van der Waals surface area contributed by atoms with Crippen LogP contribution in [0.1, 0.15) is 34.8 Å². The first-order valence-corrected chi connectivity index (χ1v) is 6.56. The van der Waals surface area contributed by atoms with E-state index in [1.165, 1.54) is 5.56 Å². The number of aliphatic hydroxyl groups is 1. The van der Waals surface area contributed by atoms with E-state index in [9.17, 15) is 5.11 Å². The normalized spacial score (nSPS) is 17.3. The van der Waals surface area contributed by atoms with E-state index in [1.807, 2.05) is 37.5 Å². The predicted molar refractivity (Wildman–Crippen MR) is 73.0 cm³/mol. The standard InChI is InChI=1S/C16H17NO2/c1-11-6-12(9-17-8-11)10-19-14-3-4-15-13(7-14)2-5-16(15)18/h3-4,6-9,16,18H,2,5,10H2,1H3/t16-/m1/s1. The number of aromatic nitrogens is 1. The SMILES string of the molecule is Cc1cncc(COc2ccc3c(c2)CC[C@H]3O)c1. The maximum atomic E-state index is 9.76. The van der Waals surface area contributed by atoms with E-state index >= 15 is 0 Å². The Balaban J connectivity index is 1.71. The molecule has 1 aliphatic carbocycles. The fraction of sp³-hybridized carbons (Fsp3) is 0.312. The molecule has 1 aliphatic rings. The molecule has 3 nitrogen and oxygen atoms in total. The maximum Gasteiger partial charge on any atom is 0.120 e. The summed E-state index contributed by atoms with van der Waals surface area (Å²) in [6, 6.07) is 8.01. The van der Waals surface area contributed by atoms with Gasteiger partial charge in [-0.05, 0) is 54.7 Å². The van der Waals surface area contributed by atoms with Gasteiger partial charge in [0.05, 0.1) is 6.10 Å². The zero-order chi connectivity index (χ0) is 13.2. The third-order valence-corrected chi connectivity index (χ3v) is 3.50. The van der Waals surface area contributed by atoms with Gasteiger partial charge in [-0.3, -0.25) is 4.98 Å². The summed E-state index contributed by atoms with van der Waals surface area (Å²) in [6.45, 7) is 2.54. The van der Waals surface area contributed by atoms with Crippen molar-refractivity contribution in [1.82, 2.24) is 4.98 Å². The maximum absolute atomic E-state index is 9.76. The Kier molecular flexibility index (Phi) is 3.22. The molecule has 3 heteroatoms. The lowest BCUT2D eigenvalue weighted by molar-refractivity contribution is 0.180. The molecule has 19 heavy (non-hydrogen) atoms. The number of fused-ring (bicyclic) bond motifs is 1. The Hall–Kier alpha value is -1.87. The number of benzene rings is 1. The Labute approximate surface area is 112 Å². The molecule has 1 aromatic carbocycles. The van der Waals surface area contributed by atoms with Crippen molar-refractivity contribution in [3.8, 4) is 5.75 Å². The van der Waals surface area contributed by atoms with Crippen LogP contribution in [-0.2, 0) is 13.0 Å². The minimum atomic E-state index is -0.301. The number of pyridine rings is 1. The average Bonchev–Trinajstić information content (AvgIpc) is 2.78. The molecule has 98 valence electrons. The lowest BCUT2D eigenvalue weighted by atomic mass is 10.1. The van der Waals surface area contributed by atoms with E-state index < -0.39 is 0 Å². The zero-order valence-electron chi connectivity index (χ0n) is 11.0. The highest BCUT2D eigenvalue weighted by atomic mass is 16.5. The lowest BCUT2D eigenvalue weighted by Gasteiger charge is -2.09. The molecular formula is C16H17NO2. The van der Waals surface area contributed by atoms with Crippen LogP contribution in [0.5, 0.6) is 5.75 Å². The number of hydrogen-bond acceptors (Lipinski definition) is 3. The molecule has 0 radical (unpaired) electrons. The van der Waals surface area contributed by atoms with E-state index in [-0.39, 0.29) is 6.10 Å². The third-order valence-electron chi connectivity index (χ3n) is 3.50. The summed E-state index contributed by atoms with van der Waals surface area (Å²) in [6.07, 6.45) is 5.11. The molecule has 0 spiro atoms. The van der Waals surface area contributed by atoms with Crippen LogP contribution >= 0.6 is 0 Å². The molecule has 0 saturated heterocycles. The third kappa shape index (κ3) is 2.61. The van der Waals surface area contributed by atoms with Gasteiger partial charge < -0.3 is 9.84 Å². The summed E-state index contributed by atoms with van der Waals surface area (Å²) in [5.74, 6) is 0.856. The van der Waals surface area contributed by atoms with E-state index in [4.69, 9.17) is 4.74 Å². The van der Waals surface area contributed by atoms with E-state index in [0.717, 1.165) is 35.3 Å². The molecule has 0 aliphatic heterocycles. The molecule has 2 aromatic rings. The Morgan fingerprint density at radius 1 is 1.32 bits per heavy atom. The first-order chi connectivity index (χ1) is 9.22. The summed E-state index contributed by atoms with van der Waals surface area (Å²) in [7, 11) is 0. The van der Waals surface area contributed by atoms with Crippen molar-refractivity contribution in [3.63, 3.8) is 0 Å². The number of ether oxygens (including phenoxy) is 1. The topological polar surface area (TPSA) is 42.4 Å². The monoisotopic (exact) mass is 255 g/mol. The average molecular weight is 255 g/mol. The Morgan fingerprint density at radius 2 is 2.21 bits per heavy atom. The highest BCUT2D eigenvalue weighted by molar-refractivity contribution is 5.39. The first-order valence-electron chi connectivity index (χ1n) is 6.56. The van der Waals surface area contributed by atoms with Gasteiger partial charge in [-0.1, -0.05) is 6.07 Å². The van der Waals surface area contributed by atoms with Crippen LogP contribution in [0.3, 0.4) is 0 Å². The van der Waals surface area contributed by atoms with Crippen LogP contribution in [0.2, 0.25) is 0 Å². The van der Waals surface area contributed by atoms with Gasteiger partial charge in [-0.15, -0.1) is 0 Å². The van der Waals surface area contributed by atoms with Gasteiger partial charge in [0, 0.05) is 18.0 Å². The lowest BCUT2D eigenvalue weighted by Crippen LogP contribution is -1.97. The van der Waals surface area contributed by atoms with E-state index in [0.29, 0.717) is 6.61 Å². The number of aliphatic hydroxyl groups excluding tert-OH is 1. The van der Waals surface area contributed by atoms with Crippen LogP contribution in [-0.4, -0.2) is 10.1 Å². The van der Waals surface area contributed by atoms with E-state index in [2.05, 4.69) is 11.1 Å². The Bertz CT molecular complexity index is 595. The number of nitrogens with zero attached hydrogens (tertiary/aromatic N) is 1. The number of aryl methyl sites for hydroxylation is 2. The van der Waals surface area contributed by atoms with Crippen LogP contribution in [0.25, 0.3) is 0 Å². The van der Waals surface area contributed by atoms with Crippen molar-refractivity contribution < 1.29 is 9.84 Å². The first kappa shape index (κ1) is 12.2. The summed E-state index contributed by atoms with van der Waals surface area (Å²) in [4.78, 5) is 4.15. The molecule has 1 atom stereocenters. The van der Waals surface area contributed by atoms with Gasteiger partial charge in [-0.2, -0.15) is 0 Å². The number of rotatable bonds is 3. The van der Waals surface area contributed by atoms with Crippen molar-refractivity contribution in [2.75, 3.05) is 0 Å². The highest BCUT2D eigenvalue weighted by Gasteiger charge is 2.20. The second-order valence-corrected chi connectivity index (χ2v) is 5.07. The van der Waals surface area contributed by atoms with Gasteiger partial charge in [-0.25, -0.2) is 0 Å². The summed E-state index contributed by atoms with van der Waals surface area (Å²) in [5, 5.41) is 9.76. The zero-order valence-corrected chi connectivity index (χ0v) is 11.0. The van der Waals surface area contributed by atoms with Crippen molar-refractivity contribution in [1.29, 1.82) is 0 Å². The number of hydrogen-bond donors (Lipinski definition) is 1. The largest absolute Gasteiger partial charge is 0.489 e. The molecular weight excluding hydrogens is 238 g/mol. The second kappa shape index (κ2) is 5.02. The van der Waals surface area contributed by atoms with Crippen LogP contribution in [0.15, 0.2) is 36.7 Å². The smallest absolute Gasteiger partial charge is 0.120 e. The van der Waals surface area contributed by atoms with Gasteiger partial charge in [0.15, 0.2) is 0 Å². The second-order valence-electron chi connectivity index (χ2n) is 5.07. The molecule has 0 saturated carbocycles. The van der Waals surface area contributed by atoms with Gasteiger partial charge >= 0.3 is 0 Å². The molecule has 1 N–H and O–H groups in total. The van der Waals surface area contributed by atoms with Gasteiger partial charge in [0.2, 0.25) is 0 Å². The van der Waals surface area contributed by atoms with Gasteiger partial charge in [0.25, 0.3) is 0 Å². The van der Waals surface area contributed by atoms with Crippen molar-refractivity contribution in [2.24, 2.45) is 0 Å². The summed E-state index contributed by atoms with van der Waals surface area (Å²) < 4.78 is 5.79. The minimum absolute atomic E-state index is 0.301. The molecule has 0 fully saturated rings. The molecule has 0 unspecified atom stereocenters. The quantitative estimate of drug-likeness (QED) is 0.917. The summed E-state index contributed by atoms with van der Waals surface area (Å²) >= 11 is 0. The Morgan fingerprint density at radius 3 is 3.05 bits per heavy atom. The predicted octanol–water partition coefficient (Wildman–Crippen LogP) is 2.95. The molecule has 3 rings (SSSR count).